The van der Waals surface area contributed by atoms with E-state index in [0.29, 0.717) is 18.9 Å². The van der Waals surface area contributed by atoms with E-state index in [1.54, 1.807) is 6.92 Å². The molecule has 6 nitrogen and oxygen atoms in total. The zero-order valence-electron chi connectivity index (χ0n) is 15.9. The molecule has 0 saturated carbocycles. The molecule has 0 radical (unpaired) electrons. The number of hydrogen-bond donors (Lipinski definition) is 2. The molecular weight excluding hydrogens is 383 g/mol. The number of methoxy groups -OCH3 is 1. The predicted molar refractivity (Wildman–Crippen MR) is 99.7 cm³/mol. The molecule has 1 unspecified atom stereocenters. The van der Waals surface area contributed by atoms with Gasteiger partial charge in [-0.05, 0) is 38.0 Å². The van der Waals surface area contributed by atoms with Gasteiger partial charge in [0.1, 0.15) is 15.6 Å². The largest absolute Gasteiger partial charge is 0.497 e. The highest BCUT2D eigenvalue weighted by Gasteiger charge is 2.33. The predicted octanol–water partition coefficient (Wildman–Crippen LogP) is 2.59. The molecule has 0 aromatic heterocycles. The van der Waals surface area contributed by atoms with Gasteiger partial charge >= 0.3 is 6.18 Å². The van der Waals surface area contributed by atoms with E-state index >= 15 is 0 Å². The average Bonchev–Trinajstić information content (AvgIpc) is 2.56. The quantitative estimate of drug-likeness (QED) is 0.510. The number of halogens is 3. The molecule has 10 heteroatoms. The van der Waals surface area contributed by atoms with E-state index in [4.69, 9.17) is 4.74 Å². The molecule has 1 aromatic carbocycles. The van der Waals surface area contributed by atoms with Crippen molar-refractivity contribution in [3.05, 3.63) is 29.3 Å². The Morgan fingerprint density at radius 3 is 2.52 bits per heavy atom. The maximum Gasteiger partial charge on any atom is 0.416 e. The summed E-state index contributed by atoms with van der Waals surface area (Å²) in [5.41, 5.74) is -0.782. The van der Waals surface area contributed by atoms with Gasteiger partial charge in [0.15, 0.2) is 5.96 Å². The number of nitrogens with zero attached hydrogens (tertiary/aromatic N) is 1. The van der Waals surface area contributed by atoms with E-state index in [0.717, 1.165) is 12.3 Å². The maximum atomic E-state index is 13.3. The minimum atomic E-state index is -4.52. The smallest absolute Gasteiger partial charge is 0.416 e. The third-order valence-electron chi connectivity index (χ3n) is 3.68. The molecule has 0 heterocycles. The Kier molecular flexibility index (Phi) is 8.39. The lowest BCUT2D eigenvalue weighted by atomic mass is 10.1. The summed E-state index contributed by atoms with van der Waals surface area (Å²) in [7, 11) is -1.78. The Bertz CT molecular complexity index is 750. The lowest BCUT2D eigenvalue weighted by molar-refractivity contribution is -0.138. The van der Waals surface area contributed by atoms with Crippen LogP contribution in [0.2, 0.25) is 0 Å². The molecule has 0 fully saturated rings. The van der Waals surface area contributed by atoms with E-state index in [1.165, 1.54) is 19.2 Å². The molecule has 1 atom stereocenters. The Morgan fingerprint density at radius 1 is 1.33 bits per heavy atom. The van der Waals surface area contributed by atoms with E-state index in [1.807, 2.05) is 6.92 Å². The van der Waals surface area contributed by atoms with Crippen LogP contribution in [0.25, 0.3) is 0 Å². The molecule has 0 aliphatic heterocycles. The monoisotopic (exact) mass is 409 g/mol. The molecule has 1 rings (SSSR count). The van der Waals surface area contributed by atoms with E-state index in [-0.39, 0.29) is 29.7 Å². The first-order chi connectivity index (χ1) is 12.5. The molecule has 27 heavy (non-hydrogen) atoms. The van der Waals surface area contributed by atoms with Crippen LogP contribution in [0.3, 0.4) is 0 Å². The van der Waals surface area contributed by atoms with Crippen molar-refractivity contribution < 1.29 is 26.3 Å². The van der Waals surface area contributed by atoms with Gasteiger partial charge in [-0.25, -0.2) is 13.4 Å². The highest BCUT2D eigenvalue weighted by Crippen LogP contribution is 2.34. The number of alkyl halides is 3. The molecule has 0 aliphatic rings. The van der Waals surface area contributed by atoms with Crippen LogP contribution in [0.4, 0.5) is 13.2 Å². The van der Waals surface area contributed by atoms with Gasteiger partial charge in [-0.1, -0.05) is 6.07 Å². The molecule has 154 valence electrons. The summed E-state index contributed by atoms with van der Waals surface area (Å²) in [6, 6.07) is 3.52. The van der Waals surface area contributed by atoms with Crippen LogP contribution < -0.4 is 15.4 Å². The van der Waals surface area contributed by atoms with Gasteiger partial charge in [0, 0.05) is 18.8 Å². The van der Waals surface area contributed by atoms with Crippen LogP contribution in [0.1, 0.15) is 31.4 Å². The highest BCUT2D eigenvalue weighted by molar-refractivity contribution is 7.90. The van der Waals surface area contributed by atoms with Gasteiger partial charge in [-0.2, -0.15) is 13.2 Å². The molecule has 0 amide bonds. The number of benzene rings is 1. The maximum absolute atomic E-state index is 13.3. The molecule has 0 bridgehead atoms. The first-order valence-electron chi connectivity index (χ1n) is 8.43. The second kappa shape index (κ2) is 9.82. The number of ether oxygens (including phenoxy) is 1. The number of guanidine groups is 1. The van der Waals surface area contributed by atoms with Crippen molar-refractivity contribution in [2.24, 2.45) is 4.99 Å². The van der Waals surface area contributed by atoms with E-state index in [9.17, 15) is 21.6 Å². The summed E-state index contributed by atoms with van der Waals surface area (Å²) in [4.78, 5) is 4.20. The fourth-order valence-corrected chi connectivity index (χ4v) is 3.05. The van der Waals surface area contributed by atoms with Gasteiger partial charge in [-0.3, -0.25) is 0 Å². The Labute approximate surface area is 158 Å². The zero-order chi connectivity index (χ0) is 20.7. The lowest BCUT2D eigenvalue weighted by Crippen LogP contribution is -2.42. The van der Waals surface area contributed by atoms with Crippen LogP contribution in [0.5, 0.6) is 5.75 Å². The van der Waals surface area contributed by atoms with Crippen LogP contribution in [-0.2, 0) is 22.6 Å². The third kappa shape index (κ3) is 8.51. The molecule has 1 aromatic rings. The van der Waals surface area contributed by atoms with Crippen molar-refractivity contribution in [1.82, 2.24) is 10.6 Å². The Hall–Kier alpha value is -1.97. The van der Waals surface area contributed by atoms with Gasteiger partial charge < -0.3 is 15.4 Å². The van der Waals surface area contributed by atoms with E-state index in [2.05, 4.69) is 15.6 Å². The normalized spacial score (nSPS) is 14.0. The average molecular weight is 409 g/mol. The number of aliphatic imine (C=N–C) groups is 1. The highest BCUT2D eigenvalue weighted by atomic mass is 32.2. The minimum Gasteiger partial charge on any atom is -0.497 e. The first kappa shape index (κ1) is 23.1. The van der Waals surface area contributed by atoms with Gasteiger partial charge in [0.05, 0.1) is 25.0 Å². The van der Waals surface area contributed by atoms with Crippen molar-refractivity contribution in [2.75, 3.05) is 25.7 Å². The number of sulfone groups is 1. The summed E-state index contributed by atoms with van der Waals surface area (Å²) < 4.78 is 67.2. The van der Waals surface area contributed by atoms with Crippen LogP contribution >= 0.6 is 0 Å². The van der Waals surface area contributed by atoms with Gasteiger partial charge in [0.2, 0.25) is 0 Å². The number of nitrogens with one attached hydrogen (secondary N) is 2. The van der Waals surface area contributed by atoms with Crippen molar-refractivity contribution in [2.45, 2.75) is 39.0 Å². The van der Waals surface area contributed by atoms with Crippen molar-refractivity contribution in [1.29, 1.82) is 0 Å². The molecule has 0 saturated heterocycles. The topological polar surface area (TPSA) is 79.8 Å². The standard InChI is InChI=1S/C17H26F3N3O3S/c1-5-21-16(23-12(2)8-9-27(4,24)25)22-11-13-6-7-14(26-3)10-15(13)17(18,19)20/h6-7,10,12H,5,8-9,11H2,1-4H3,(H2,21,22,23). The summed E-state index contributed by atoms with van der Waals surface area (Å²) in [5, 5.41) is 5.96. The van der Waals surface area contributed by atoms with Crippen LogP contribution in [0.15, 0.2) is 23.2 Å². The zero-order valence-corrected chi connectivity index (χ0v) is 16.7. The van der Waals surface area contributed by atoms with Crippen LogP contribution in [-0.4, -0.2) is 46.1 Å². The summed E-state index contributed by atoms with van der Waals surface area (Å²) in [5.74, 6) is 0.453. The fraction of sp³-hybridized carbons (Fsp3) is 0.588. The summed E-state index contributed by atoms with van der Waals surface area (Å²) in [6.45, 7) is 3.94. The third-order valence-corrected chi connectivity index (χ3v) is 4.66. The first-order valence-corrected chi connectivity index (χ1v) is 10.5. The number of hydrogen-bond acceptors (Lipinski definition) is 4. The second-order valence-electron chi connectivity index (χ2n) is 6.18. The van der Waals surface area contributed by atoms with Crippen molar-refractivity contribution in [3.63, 3.8) is 0 Å². The molecular formula is C17H26F3N3O3S. The Balaban J connectivity index is 2.95. The number of rotatable bonds is 8. The second-order valence-corrected chi connectivity index (χ2v) is 8.44. The Morgan fingerprint density at radius 2 is 2.00 bits per heavy atom. The molecule has 0 spiro atoms. The van der Waals surface area contributed by atoms with E-state index < -0.39 is 21.6 Å². The van der Waals surface area contributed by atoms with Crippen molar-refractivity contribution >= 4 is 15.8 Å². The molecule has 0 aliphatic carbocycles. The summed E-state index contributed by atoms with van der Waals surface area (Å²) in [6.07, 6.45) is -3.01. The van der Waals surface area contributed by atoms with Gasteiger partial charge in [-0.15, -0.1) is 0 Å². The molecule has 2 N–H and O–H groups in total. The van der Waals surface area contributed by atoms with Gasteiger partial charge in [0.25, 0.3) is 0 Å². The SMILES string of the molecule is CCNC(=NCc1ccc(OC)cc1C(F)(F)F)NC(C)CCS(C)(=O)=O. The minimum absolute atomic E-state index is 0.0112. The lowest BCUT2D eigenvalue weighted by Gasteiger charge is -2.18. The fourth-order valence-electron chi connectivity index (χ4n) is 2.26. The van der Waals surface area contributed by atoms with Crippen molar-refractivity contribution in [3.8, 4) is 5.75 Å². The summed E-state index contributed by atoms with van der Waals surface area (Å²) >= 11 is 0. The van der Waals surface area contributed by atoms with Crippen LogP contribution in [0, 0.1) is 0 Å².